The van der Waals surface area contributed by atoms with Crippen LogP contribution in [0.2, 0.25) is 0 Å². The number of amides is 1. The van der Waals surface area contributed by atoms with Crippen molar-refractivity contribution in [2.75, 3.05) is 25.0 Å². The van der Waals surface area contributed by atoms with Crippen molar-refractivity contribution in [2.24, 2.45) is 0 Å². The third-order valence-corrected chi connectivity index (χ3v) is 3.76. The number of likely N-dealkylation sites (tertiary alicyclic amines) is 1. The first kappa shape index (κ1) is 14.1. The van der Waals surface area contributed by atoms with Gasteiger partial charge in [-0.1, -0.05) is 0 Å². The van der Waals surface area contributed by atoms with Gasteiger partial charge in [0.25, 0.3) is 0 Å². The molecule has 1 N–H and O–H groups in total. The van der Waals surface area contributed by atoms with Crippen molar-refractivity contribution < 1.29 is 9.53 Å². The molecule has 0 radical (unpaired) electrons. The van der Waals surface area contributed by atoms with Crippen molar-refractivity contribution in [1.29, 1.82) is 0 Å². The molecule has 0 spiro atoms. The van der Waals surface area contributed by atoms with E-state index in [0.29, 0.717) is 12.6 Å². The zero-order valence-electron chi connectivity index (χ0n) is 10.9. The van der Waals surface area contributed by atoms with Crippen LogP contribution in [-0.2, 0) is 4.74 Å². The SMILES string of the molecule is CCOC(=O)N1CCC(Nc2ncccc2Br)CC1. The van der Waals surface area contributed by atoms with E-state index in [-0.39, 0.29) is 6.09 Å². The highest BCUT2D eigenvalue weighted by Gasteiger charge is 2.23. The van der Waals surface area contributed by atoms with Crippen LogP contribution in [0.5, 0.6) is 0 Å². The number of aromatic nitrogens is 1. The Hall–Kier alpha value is -1.30. The number of halogens is 1. The first-order chi connectivity index (χ1) is 9.20. The molecule has 1 amide bonds. The minimum absolute atomic E-state index is 0.208. The summed E-state index contributed by atoms with van der Waals surface area (Å²) in [5, 5.41) is 3.40. The summed E-state index contributed by atoms with van der Waals surface area (Å²) in [7, 11) is 0. The molecule has 19 heavy (non-hydrogen) atoms. The second-order valence-electron chi connectivity index (χ2n) is 4.44. The van der Waals surface area contributed by atoms with Gasteiger partial charge in [0.05, 0.1) is 11.1 Å². The van der Waals surface area contributed by atoms with Gasteiger partial charge < -0.3 is 15.0 Å². The Morgan fingerprint density at radius 1 is 1.58 bits per heavy atom. The van der Waals surface area contributed by atoms with Crippen molar-refractivity contribution in [2.45, 2.75) is 25.8 Å². The summed E-state index contributed by atoms with van der Waals surface area (Å²) >= 11 is 3.47. The lowest BCUT2D eigenvalue weighted by Crippen LogP contribution is -2.42. The van der Waals surface area contributed by atoms with Gasteiger partial charge in [-0.25, -0.2) is 9.78 Å². The summed E-state index contributed by atoms with van der Waals surface area (Å²) in [6, 6.07) is 4.19. The molecule has 0 aliphatic carbocycles. The van der Waals surface area contributed by atoms with E-state index in [1.54, 1.807) is 11.1 Å². The molecule has 1 aromatic rings. The topological polar surface area (TPSA) is 54.5 Å². The smallest absolute Gasteiger partial charge is 0.409 e. The van der Waals surface area contributed by atoms with E-state index in [1.165, 1.54) is 0 Å². The average Bonchev–Trinajstić information content (AvgIpc) is 2.42. The molecular formula is C13H18BrN3O2. The monoisotopic (exact) mass is 327 g/mol. The van der Waals surface area contributed by atoms with Crippen molar-refractivity contribution in [1.82, 2.24) is 9.88 Å². The molecule has 0 atom stereocenters. The van der Waals surface area contributed by atoms with E-state index < -0.39 is 0 Å². The average molecular weight is 328 g/mol. The predicted octanol–water partition coefficient (Wildman–Crippen LogP) is 2.88. The fourth-order valence-electron chi connectivity index (χ4n) is 2.11. The molecule has 5 nitrogen and oxygen atoms in total. The largest absolute Gasteiger partial charge is 0.450 e. The Morgan fingerprint density at radius 3 is 2.95 bits per heavy atom. The zero-order chi connectivity index (χ0) is 13.7. The molecule has 0 bridgehead atoms. The van der Waals surface area contributed by atoms with E-state index in [1.807, 2.05) is 19.1 Å². The Morgan fingerprint density at radius 2 is 2.32 bits per heavy atom. The van der Waals surface area contributed by atoms with Gasteiger partial charge in [0.15, 0.2) is 0 Å². The standard InChI is InChI=1S/C13H18BrN3O2/c1-2-19-13(18)17-8-5-10(6-9-17)16-12-11(14)4-3-7-15-12/h3-4,7,10H,2,5-6,8-9H2,1H3,(H,15,16). The minimum Gasteiger partial charge on any atom is -0.450 e. The lowest BCUT2D eigenvalue weighted by atomic mass is 10.1. The van der Waals surface area contributed by atoms with Gasteiger partial charge in [0.1, 0.15) is 5.82 Å². The van der Waals surface area contributed by atoms with Gasteiger partial charge in [-0.15, -0.1) is 0 Å². The van der Waals surface area contributed by atoms with Crippen molar-refractivity contribution >= 4 is 27.8 Å². The number of hydrogen-bond acceptors (Lipinski definition) is 4. The number of nitrogens with zero attached hydrogens (tertiary/aromatic N) is 2. The van der Waals surface area contributed by atoms with Crippen LogP contribution in [0.15, 0.2) is 22.8 Å². The van der Waals surface area contributed by atoms with Crippen LogP contribution >= 0.6 is 15.9 Å². The van der Waals surface area contributed by atoms with Crippen molar-refractivity contribution in [3.05, 3.63) is 22.8 Å². The Balaban J connectivity index is 1.84. The molecule has 1 fully saturated rings. The number of hydrogen-bond donors (Lipinski definition) is 1. The van der Waals surface area contributed by atoms with Crippen molar-refractivity contribution in [3.63, 3.8) is 0 Å². The maximum Gasteiger partial charge on any atom is 0.409 e. The third-order valence-electron chi connectivity index (χ3n) is 3.12. The van der Waals surface area contributed by atoms with Crippen LogP contribution in [0.25, 0.3) is 0 Å². The summed E-state index contributed by atoms with van der Waals surface area (Å²) in [5.74, 6) is 0.858. The molecule has 0 aromatic carbocycles. The Labute approximate surface area is 121 Å². The molecule has 1 aromatic heterocycles. The van der Waals surface area contributed by atoms with Gasteiger partial charge in [-0.2, -0.15) is 0 Å². The molecule has 0 unspecified atom stereocenters. The summed E-state index contributed by atoms with van der Waals surface area (Å²) in [5.41, 5.74) is 0. The summed E-state index contributed by atoms with van der Waals surface area (Å²) in [4.78, 5) is 17.6. The highest BCUT2D eigenvalue weighted by Crippen LogP contribution is 2.22. The van der Waals surface area contributed by atoms with E-state index >= 15 is 0 Å². The van der Waals surface area contributed by atoms with Gasteiger partial charge >= 0.3 is 6.09 Å². The van der Waals surface area contributed by atoms with Gasteiger partial charge in [0, 0.05) is 25.3 Å². The fraction of sp³-hybridized carbons (Fsp3) is 0.538. The normalized spacial score (nSPS) is 16.2. The lowest BCUT2D eigenvalue weighted by molar-refractivity contribution is 0.0983. The Kier molecular flexibility index (Phi) is 5.01. The number of carbonyl (C=O) groups is 1. The first-order valence-corrected chi connectivity index (χ1v) is 7.28. The summed E-state index contributed by atoms with van der Waals surface area (Å²) < 4.78 is 5.96. The van der Waals surface area contributed by atoms with Crippen molar-refractivity contribution in [3.8, 4) is 0 Å². The number of pyridine rings is 1. The lowest BCUT2D eigenvalue weighted by Gasteiger charge is -2.32. The third kappa shape index (κ3) is 3.83. The number of anilines is 1. The van der Waals surface area contributed by atoms with Crippen LogP contribution in [0, 0.1) is 0 Å². The second-order valence-corrected chi connectivity index (χ2v) is 5.29. The highest BCUT2D eigenvalue weighted by molar-refractivity contribution is 9.10. The summed E-state index contributed by atoms with van der Waals surface area (Å²) in [6.07, 6.45) is 3.37. The van der Waals surface area contributed by atoms with Crippen LogP contribution in [0.4, 0.5) is 10.6 Å². The van der Waals surface area contributed by atoms with Gasteiger partial charge in [0.2, 0.25) is 0 Å². The molecule has 104 valence electrons. The van der Waals surface area contributed by atoms with Gasteiger partial charge in [-0.3, -0.25) is 0 Å². The summed E-state index contributed by atoms with van der Waals surface area (Å²) in [6.45, 7) is 3.70. The number of ether oxygens (including phenoxy) is 1. The molecule has 2 rings (SSSR count). The van der Waals surface area contributed by atoms with Crippen LogP contribution in [0.1, 0.15) is 19.8 Å². The number of carbonyl (C=O) groups excluding carboxylic acids is 1. The van der Waals surface area contributed by atoms with Crippen LogP contribution in [0.3, 0.4) is 0 Å². The van der Waals surface area contributed by atoms with Crippen LogP contribution < -0.4 is 5.32 Å². The maximum atomic E-state index is 11.6. The zero-order valence-corrected chi connectivity index (χ0v) is 12.5. The highest BCUT2D eigenvalue weighted by atomic mass is 79.9. The van der Waals surface area contributed by atoms with E-state index in [9.17, 15) is 4.79 Å². The Bertz CT molecular complexity index is 434. The molecule has 1 saturated heterocycles. The molecule has 1 aliphatic rings. The molecule has 0 saturated carbocycles. The second kappa shape index (κ2) is 6.75. The van der Waals surface area contributed by atoms with Gasteiger partial charge in [-0.05, 0) is 47.8 Å². The maximum absolute atomic E-state index is 11.6. The number of nitrogens with one attached hydrogen (secondary N) is 1. The fourth-order valence-corrected chi connectivity index (χ4v) is 2.48. The molecular weight excluding hydrogens is 310 g/mol. The first-order valence-electron chi connectivity index (χ1n) is 6.49. The van der Waals surface area contributed by atoms with E-state index in [0.717, 1.165) is 36.2 Å². The molecule has 1 aliphatic heterocycles. The molecule has 2 heterocycles. The van der Waals surface area contributed by atoms with E-state index in [4.69, 9.17) is 4.74 Å². The molecule has 6 heteroatoms. The number of rotatable bonds is 3. The number of piperidine rings is 1. The minimum atomic E-state index is -0.208. The quantitative estimate of drug-likeness (QED) is 0.927. The van der Waals surface area contributed by atoms with E-state index in [2.05, 4.69) is 26.2 Å². The predicted molar refractivity (Wildman–Crippen MR) is 77.2 cm³/mol. The van der Waals surface area contributed by atoms with Crippen LogP contribution in [-0.4, -0.2) is 41.7 Å².